The van der Waals surface area contributed by atoms with Crippen LogP contribution in [0.5, 0.6) is 0 Å². The van der Waals surface area contributed by atoms with E-state index in [1.165, 1.54) is 0 Å². The van der Waals surface area contributed by atoms with Gasteiger partial charge in [-0.15, -0.1) is 0 Å². The van der Waals surface area contributed by atoms with E-state index in [2.05, 4.69) is 5.32 Å². The van der Waals surface area contributed by atoms with Crippen molar-refractivity contribution in [3.63, 3.8) is 0 Å². The number of carboxylic acid groups (broad SMARTS) is 1. The Morgan fingerprint density at radius 3 is 2.28 bits per heavy atom. The number of aliphatic carboxylic acids is 1. The van der Waals surface area contributed by atoms with Gasteiger partial charge in [0.05, 0.1) is 0 Å². The normalized spacial score (nSPS) is 11.9. The molecule has 0 spiro atoms. The van der Waals surface area contributed by atoms with E-state index >= 15 is 0 Å². The van der Waals surface area contributed by atoms with E-state index in [0.29, 0.717) is 5.56 Å². The van der Waals surface area contributed by atoms with E-state index in [-0.39, 0.29) is 13.0 Å². The van der Waals surface area contributed by atoms with Crippen LogP contribution < -0.4 is 5.32 Å². The van der Waals surface area contributed by atoms with Gasteiger partial charge < -0.3 is 15.5 Å². The highest BCUT2D eigenvalue weighted by Gasteiger charge is 2.21. The topological polar surface area (TPSA) is 86.6 Å². The lowest BCUT2D eigenvalue weighted by molar-refractivity contribution is -0.139. The maximum atomic E-state index is 12.0. The molecule has 0 aliphatic rings. The predicted octanol–water partition coefficient (Wildman–Crippen LogP) is 0.869. The number of hydrogen-bond donors (Lipinski definition) is 3. The summed E-state index contributed by atoms with van der Waals surface area (Å²) in [7, 11) is 0. The number of nitrogens with one attached hydrogen (secondary N) is 1. The molecule has 1 atom stereocenters. The number of carbonyl (C=O) groups excluding carboxylic acids is 1. The minimum Gasteiger partial charge on any atom is -0.480 e. The fraction of sp³-hybridized carbons (Fsp3) is 0.385. The molecule has 0 aliphatic carbocycles. The zero-order valence-corrected chi connectivity index (χ0v) is 10.4. The van der Waals surface area contributed by atoms with Gasteiger partial charge in [-0.25, -0.2) is 4.79 Å². The molecule has 98 valence electrons. The third-order valence-corrected chi connectivity index (χ3v) is 2.73. The number of carbonyl (C=O) groups is 2. The first-order valence-electron chi connectivity index (χ1n) is 5.68. The number of hydrogen-bond acceptors (Lipinski definition) is 3. The summed E-state index contributed by atoms with van der Waals surface area (Å²) in [6.07, 6.45) is -0.00793. The second kappa shape index (κ2) is 6.16. The summed E-state index contributed by atoms with van der Waals surface area (Å²) in [5.74, 6) is -1.57. The number of aliphatic hydroxyl groups is 1. The van der Waals surface area contributed by atoms with E-state index in [4.69, 9.17) is 10.2 Å². The maximum Gasteiger partial charge on any atom is 0.326 e. The molecule has 5 nitrogen and oxygen atoms in total. The summed E-state index contributed by atoms with van der Waals surface area (Å²) in [6.45, 7) is 3.30. The van der Waals surface area contributed by atoms with Crippen molar-refractivity contribution in [2.45, 2.75) is 26.3 Å². The lowest BCUT2D eigenvalue weighted by atomic mass is 10.0. The molecule has 1 rings (SSSR count). The third-order valence-electron chi connectivity index (χ3n) is 2.73. The highest BCUT2D eigenvalue weighted by Crippen LogP contribution is 2.13. The summed E-state index contributed by atoms with van der Waals surface area (Å²) in [4.78, 5) is 22.9. The average Bonchev–Trinajstić information content (AvgIpc) is 2.28. The van der Waals surface area contributed by atoms with Crippen molar-refractivity contribution in [2.24, 2.45) is 0 Å². The van der Waals surface area contributed by atoms with E-state index < -0.39 is 17.9 Å². The van der Waals surface area contributed by atoms with E-state index in [1.54, 1.807) is 26.0 Å². The summed E-state index contributed by atoms with van der Waals surface area (Å²) in [6, 6.07) is 4.36. The smallest absolute Gasteiger partial charge is 0.326 e. The van der Waals surface area contributed by atoms with Gasteiger partial charge >= 0.3 is 5.97 Å². The fourth-order valence-electron chi connectivity index (χ4n) is 1.79. The van der Waals surface area contributed by atoms with Crippen LogP contribution in [-0.4, -0.2) is 34.7 Å². The van der Waals surface area contributed by atoms with Crippen LogP contribution in [0.4, 0.5) is 0 Å². The van der Waals surface area contributed by atoms with Crippen LogP contribution >= 0.6 is 0 Å². The van der Waals surface area contributed by atoms with Crippen molar-refractivity contribution in [3.05, 3.63) is 34.9 Å². The van der Waals surface area contributed by atoms with E-state index in [9.17, 15) is 9.59 Å². The van der Waals surface area contributed by atoms with Gasteiger partial charge in [0.25, 0.3) is 5.91 Å². The Morgan fingerprint density at radius 2 is 1.83 bits per heavy atom. The highest BCUT2D eigenvalue weighted by atomic mass is 16.4. The van der Waals surface area contributed by atoms with Gasteiger partial charge in [0.2, 0.25) is 0 Å². The largest absolute Gasteiger partial charge is 0.480 e. The third kappa shape index (κ3) is 3.30. The van der Waals surface area contributed by atoms with Gasteiger partial charge in [0.1, 0.15) is 6.04 Å². The van der Waals surface area contributed by atoms with Crippen molar-refractivity contribution < 1.29 is 19.8 Å². The lowest BCUT2D eigenvalue weighted by Gasteiger charge is -2.15. The second-order valence-electron chi connectivity index (χ2n) is 4.14. The average molecular weight is 251 g/mol. The van der Waals surface area contributed by atoms with E-state index in [0.717, 1.165) is 11.1 Å². The molecular formula is C13H17NO4. The molecule has 5 heteroatoms. The van der Waals surface area contributed by atoms with Crippen LogP contribution in [0.1, 0.15) is 27.9 Å². The molecule has 1 aromatic rings. The Kier molecular flexibility index (Phi) is 4.85. The quantitative estimate of drug-likeness (QED) is 0.724. The first-order valence-corrected chi connectivity index (χ1v) is 5.68. The summed E-state index contributed by atoms with van der Waals surface area (Å²) >= 11 is 0. The zero-order chi connectivity index (χ0) is 13.7. The van der Waals surface area contributed by atoms with Crippen LogP contribution in [-0.2, 0) is 4.79 Å². The van der Waals surface area contributed by atoms with Crippen LogP contribution in [0.2, 0.25) is 0 Å². The molecule has 0 aromatic heterocycles. The highest BCUT2D eigenvalue weighted by molar-refractivity contribution is 5.99. The molecule has 0 heterocycles. The summed E-state index contributed by atoms with van der Waals surface area (Å²) in [5, 5.41) is 20.1. The molecule has 1 aromatic carbocycles. The Labute approximate surface area is 105 Å². The molecule has 18 heavy (non-hydrogen) atoms. The summed E-state index contributed by atoms with van der Waals surface area (Å²) < 4.78 is 0. The molecule has 0 unspecified atom stereocenters. The molecule has 0 saturated heterocycles. The van der Waals surface area contributed by atoms with Crippen LogP contribution in [0.25, 0.3) is 0 Å². The van der Waals surface area contributed by atoms with Crippen molar-refractivity contribution in [2.75, 3.05) is 6.61 Å². The van der Waals surface area contributed by atoms with Crippen molar-refractivity contribution in [1.29, 1.82) is 0 Å². The first kappa shape index (κ1) is 14.2. The number of benzene rings is 1. The van der Waals surface area contributed by atoms with Crippen LogP contribution in [0.3, 0.4) is 0 Å². The number of aliphatic hydroxyl groups excluding tert-OH is 1. The Balaban J connectivity index is 2.90. The minimum atomic E-state index is -1.15. The van der Waals surface area contributed by atoms with Gasteiger partial charge in [-0.05, 0) is 25.0 Å². The lowest BCUT2D eigenvalue weighted by Crippen LogP contribution is -2.41. The Morgan fingerprint density at radius 1 is 1.28 bits per heavy atom. The van der Waals surface area contributed by atoms with Crippen molar-refractivity contribution >= 4 is 11.9 Å². The Bertz CT molecular complexity index is 436. The second-order valence-corrected chi connectivity index (χ2v) is 4.14. The maximum absolute atomic E-state index is 12.0. The summed E-state index contributed by atoms with van der Waals surface area (Å²) in [5.41, 5.74) is 2.07. The van der Waals surface area contributed by atoms with Gasteiger partial charge in [0, 0.05) is 18.6 Å². The monoisotopic (exact) mass is 251 g/mol. The van der Waals surface area contributed by atoms with Crippen molar-refractivity contribution in [3.8, 4) is 0 Å². The number of rotatable bonds is 5. The molecule has 1 amide bonds. The van der Waals surface area contributed by atoms with Gasteiger partial charge in [-0.1, -0.05) is 18.2 Å². The number of carboxylic acids is 1. The van der Waals surface area contributed by atoms with Gasteiger partial charge in [-0.2, -0.15) is 0 Å². The molecule has 0 saturated carbocycles. The Hall–Kier alpha value is -1.88. The van der Waals surface area contributed by atoms with E-state index in [1.807, 2.05) is 6.07 Å². The van der Waals surface area contributed by atoms with Crippen molar-refractivity contribution in [1.82, 2.24) is 5.32 Å². The zero-order valence-electron chi connectivity index (χ0n) is 10.4. The molecule has 0 bridgehead atoms. The molecule has 3 N–H and O–H groups in total. The number of amides is 1. The predicted molar refractivity (Wildman–Crippen MR) is 66.5 cm³/mol. The van der Waals surface area contributed by atoms with Crippen LogP contribution in [0, 0.1) is 13.8 Å². The fourth-order valence-corrected chi connectivity index (χ4v) is 1.79. The minimum absolute atomic E-state index is 0.00793. The SMILES string of the molecule is Cc1cccc(C)c1C(=O)N[C@@H](CCO)C(=O)O. The molecule has 0 aliphatic heterocycles. The van der Waals surface area contributed by atoms with Gasteiger partial charge in [-0.3, -0.25) is 4.79 Å². The number of aryl methyl sites for hydroxylation is 2. The van der Waals surface area contributed by atoms with Crippen LogP contribution in [0.15, 0.2) is 18.2 Å². The molecular weight excluding hydrogens is 234 g/mol. The molecule has 0 radical (unpaired) electrons. The first-order chi connectivity index (χ1) is 8.47. The molecule has 0 fully saturated rings. The van der Waals surface area contributed by atoms with Gasteiger partial charge in [0.15, 0.2) is 0 Å². The standard InChI is InChI=1S/C13H17NO4/c1-8-4-3-5-9(2)11(8)12(16)14-10(6-7-15)13(17)18/h3-5,10,15H,6-7H2,1-2H3,(H,14,16)(H,17,18)/t10-/m0/s1.